The van der Waals surface area contributed by atoms with Crippen LogP contribution in [-0.2, 0) is 6.54 Å². The van der Waals surface area contributed by atoms with Crippen molar-refractivity contribution in [1.29, 1.82) is 0 Å². The number of para-hydroxylation sites is 1. The van der Waals surface area contributed by atoms with Crippen LogP contribution in [0.1, 0.15) is 31.9 Å². The Labute approximate surface area is 99.0 Å². The summed E-state index contributed by atoms with van der Waals surface area (Å²) < 4.78 is 5.69. The van der Waals surface area contributed by atoms with E-state index in [0.29, 0.717) is 5.92 Å². The average Bonchev–Trinajstić information content (AvgIpc) is 2.22. The molecule has 2 nitrogen and oxygen atoms in total. The van der Waals surface area contributed by atoms with E-state index in [9.17, 15) is 0 Å². The van der Waals surface area contributed by atoms with Crippen molar-refractivity contribution in [3.8, 4) is 5.75 Å². The number of nitrogens with one attached hydrogen (secondary N) is 1. The summed E-state index contributed by atoms with van der Waals surface area (Å²) >= 11 is 0. The van der Waals surface area contributed by atoms with Crippen molar-refractivity contribution in [2.75, 3.05) is 13.2 Å². The van der Waals surface area contributed by atoms with Gasteiger partial charge in [0.25, 0.3) is 0 Å². The zero-order valence-electron chi connectivity index (χ0n) is 10.8. The predicted molar refractivity (Wildman–Crippen MR) is 68.9 cm³/mol. The molecule has 0 aliphatic heterocycles. The highest BCUT2D eigenvalue weighted by atomic mass is 16.5. The Morgan fingerprint density at radius 1 is 1.31 bits per heavy atom. The first kappa shape index (κ1) is 13.0. The lowest BCUT2D eigenvalue weighted by atomic mass is 10.1. The van der Waals surface area contributed by atoms with Gasteiger partial charge in [-0.3, -0.25) is 0 Å². The predicted octanol–water partition coefficient (Wildman–Crippen LogP) is 3.14. The lowest BCUT2D eigenvalue weighted by molar-refractivity contribution is 0.333. The summed E-state index contributed by atoms with van der Waals surface area (Å²) in [6, 6.07) is 6.31. The third-order valence-corrected chi connectivity index (χ3v) is 2.45. The monoisotopic (exact) mass is 221 g/mol. The van der Waals surface area contributed by atoms with Gasteiger partial charge in [-0.2, -0.15) is 0 Å². The van der Waals surface area contributed by atoms with E-state index in [1.165, 1.54) is 11.1 Å². The van der Waals surface area contributed by atoms with Gasteiger partial charge in [0.15, 0.2) is 0 Å². The van der Waals surface area contributed by atoms with E-state index in [-0.39, 0.29) is 0 Å². The first-order valence-electron chi connectivity index (χ1n) is 6.07. The van der Waals surface area contributed by atoms with E-state index in [4.69, 9.17) is 4.74 Å². The van der Waals surface area contributed by atoms with Crippen LogP contribution in [0.2, 0.25) is 0 Å². The van der Waals surface area contributed by atoms with Crippen molar-refractivity contribution in [2.24, 2.45) is 5.92 Å². The molecule has 0 heterocycles. The van der Waals surface area contributed by atoms with Gasteiger partial charge in [-0.1, -0.05) is 32.0 Å². The largest absolute Gasteiger partial charge is 0.493 e. The molecule has 90 valence electrons. The second kappa shape index (κ2) is 6.54. The van der Waals surface area contributed by atoms with E-state index < -0.39 is 0 Å². The quantitative estimate of drug-likeness (QED) is 0.797. The van der Waals surface area contributed by atoms with Crippen LogP contribution >= 0.6 is 0 Å². The van der Waals surface area contributed by atoms with Gasteiger partial charge < -0.3 is 10.1 Å². The second-order valence-corrected chi connectivity index (χ2v) is 4.52. The lowest BCUT2D eigenvalue weighted by Gasteiger charge is -2.14. The number of ether oxygens (including phenoxy) is 1. The highest BCUT2D eigenvalue weighted by molar-refractivity contribution is 5.40. The minimum Gasteiger partial charge on any atom is -0.493 e. The Kier molecular flexibility index (Phi) is 5.33. The fraction of sp³-hybridized carbons (Fsp3) is 0.571. The van der Waals surface area contributed by atoms with Crippen LogP contribution in [0.3, 0.4) is 0 Å². The third kappa shape index (κ3) is 3.86. The van der Waals surface area contributed by atoms with Crippen LogP contribution in [0, 0.1) is 12.8 Å². The minimum atomic E-state index is 0.681. The molecule has 0 aliphatic rings. The van der Waals surface area contributed by atoms with Crippen molar-refractivity contribution >= 4 is 0 Å². The molecule has 0 bridgehead atoms. The number of aryl methyl sites for hydroxylation is 1. The van der Waals surface area contributed by atoms with Crippen LogP contribution in [0.25, 0.3) is 0 Å². The molecule has 2 heteroatoms. The van der Waals surface area contributed by atoms with Crippen molar-refractivity contribution in [3.05, 3.63) is 29.3 Å². The molecule has 0 amide bonds. The van der Waals surface area contributed by atoms with Crippen molar-refractivity contribution in [2.45, 2.75) is 34.2 Å². The molecule has 0 radical (unpaired) electrons. The van der Waals surface area contributed by atoms with Gasteiger partial charge in [-0.05, 0) is 31.9 Å². The van der Waals surface area contributed by atoms with Crippen molar-refractivity contribution < 1.29 is 4.74 Å². The van der Waals surface area contributed by atoms with Crippen LogP contribution in [0.4, 0.5) is 0 Å². The topological polar surface area (TPSA) is 21.3 Å². The van der Waals surface area contributed by atoms with Crippen molar-refractivity contribution in [1.82, 2.24) is 5.32 Å². The van der Waals surface area contributed by atoms with Gasteiger partial charge in [-0.25, -0.2) is 0 Å². The molecule has 16 heavy (non-hydrogen) atoms. The zero-order valence-corrected chi connectivity index (χ0v) is 10.8. The Balaban J connectivity index is 2.66. The first-order chi connectivity index (χ1) is 7.65. The van der Waals surface area contributed by atoms with E-state index in [1.54, 1.807) is 0 Å². The summed E-state index contributed by atoms with van der Waals surface area (Å²) in [5, 5.41) is 3.45. The highest BCUT2D eigenvalue weighted by Gasteiger charge is 2.05. The maximum Gasteiger partial charge on any atom is 0.126 e. The zero-order chi connectivity index (χ0) is 12.0. The van der Waals surface area contributed by atoms with Gasteiger partial charge >= 0.3 is 0 Å². The molecule has 1 aromatic carbocycles. The standard InChI is InChI=1S/C14H23NO/c1-5-16-14-12(4)7-6-8-13(14)10-15-9-11(2)3/h6-8,11,15H,5,9-10H2,1-4H3. The second-order valence-electron chi connectivity index (χ2n) is 4.52. The molecule has 0 spiro atoms. The van der Waals surface area contributed by atoms with E-state index in [0.717, 1.165) is 25.4 Å². The lowest BCUT2D eigenvalue weighted by Crippen LogP contribution is -2.19. The van der Waals surface area contributed by atoms with Crippen molar-refractivity contribution in [3.63, 3.8) is 0 Å². The SMILES string of the molecule is CCOc1c(C)cccc1CNCC(C)C. The molecule has 0 fully saturated rings. The molecule has 0 aliphatic carbocycles. The Morgan fingerprint density at radius 3 is 2.69 bits per heavy atom. The maximum atomic E-state index is 5.69. The fourth-order valence-electron chi connectivity index (χ4n) is 1.70. The summed E-state index contributed by atoms with van der Waals surface area (Å²) in [7, 11) is 0. The third-order valence-electron chi connectivity index (χ3n) is 2.45. The summed E-state index contributed by atoms with van der Waals surface area (Å²) in [6.07, 6.45) is 0. The molecule has 0 atom stereocenters. The number of benzene rings is 1. The molecule has 0 saturated carbocycles. The van der Waals surface area contributed by atoms with E-state index >= 15 is 0 Å². The van der Waals surface area contributed by atoms with Crippen LogP contribution in [-0.4, -0.2) is 13.2 Å². The smallest absolute Gasteiger partial charge is 0.126 e. The molecule has 1 N–H and O–H groups in total. The van der Waals surface area contributed by atoms with Gasteiger partial charge in [0.1, 0.15) is 5.75 Å². The highest BCUT2D eigenvalue weighted by Crippen LogP contribution is 2.23. The van der Waals surface area contributed by atoms with Crippen LogP contribution < -0.4 is 10.1 Å². The number of hydrogen-bond acceptors (Lipinski definition) is 2. The minimum absolute atomic E-state index is 0.681. The summed E-state index contributed by atoms with van der Waals surface area (Å²) in [5.74, 6) is 1.72. The molecule has 0 unspecified atom stereocenters. The molecule has 0 saturated heterocycles. The average molecular weight is 221 g/mol. The molecular weight excluding hydrogens is 198 g/mol. The van der Waals surface area contributed by atoms with Crippen LogP contribution in [0.5, 0.6) is 5.75 Å². The first-order valence-corrected chi connectivity index (χ1v) is 6.07. The summed E-state index contributed by atoms with van der Waals surface area (Å²) in [6.45, 7) is 11.2. The molecule has 0 aromatic heterocycles. The maximum absolute atomic E-state index is 5.69. The Morgan fingerprint density at radius 2 is 2.06 bits per heavy atom. The summed E-state index contributed by atoms with van der Waals surface area (Å²) in [5.41, 5.74) is 2.47. The van der Waals surface area contributed by atoms with E-state index in [1.807, 2.05) is 6.92 Å². The Hall–Kier alpha value is -1.02. The van der Waals surface area contributed by atoms with E-state index in [2.05, 4.69) is 44.3 Å². The Bertz CT molecular complexity index is 321. The number of rotatable bonds is 6. The summed E-state index contributed by atoms with van der Waals surface area (Å²) in [4.78, 5) is 0. The normalized spacial score (nSPS) is 10.8. The van der Waals surface area contributed by atoms with Crippen LogP contribution in [0.15, 0.2) is 18.2 Å². The molecule has 1 rings (SSSR count). The molecule has 1 aromatic rings. The van der Waals surface area contributed by atoms with Gasteiger partial charge in [0.2, 0.25) is 0 Å². The fourth-order valence-corrected chi connectivity index (χ4v) is 1.70. The number of hydrogen-bond donors (Lipinski definition) is 1. The van der Waals surface area contributed by atoms with Gasteiger partial charge in [0.05, 0.1) is 6.61 Å². The van der Waals surface area contributed by atoms with Gasteiger partial charge in [0, 0.05) is 12.1 Å². The van der Waals surface area contributed by atoms with Gasteiger partial charge in [-0.15, -0.1) is 0 Å². The molecular formula is C14H23NO.